The molecule has 0 saturated carbocycles. The van der Waals surface area contributed by atoms with E-state index < -0.39 is 11.7 Å². The van der Waals surface area contributed by atoms with Crippen LogP contribution < -0.4 is 0 Å². The summed E-state index contributed by atoms with van der Waals surface area (Å²) in [6, 6.07) is 12.7. The van der Waals surface area contributed by atoms with Crippen molar-refractivity contribution in [2.75, 3.05) is 19.6 Å². The maximum atomic E-state index is 11.2. The summed E-state index contributed by atoms with van der Waals surface area (Å²) in [5.74, 6) is 1.24. The second kappa shape index (κ2) is 8.24. The van der Waals surface area contributed by atoms with Crippen LogP contribution in [-0.4, -0.2) is 50.4 Å². The third kappa shape index (κ3) is 4.14. The first kappa shape index (κ1) is 22.1. The zero-order valence-electron chi connectivity index (χ0n) is 19.1. The lowest BCUT2D eigenvalue weighted by Gasteiger charge is -2.39. The molecule has 5 rings (SSSR count). The number of aliphatic hydroxyl groups is 2. The van der Waals surface area contributed by atoms with E-state index in [4.69, 9.17) is 4.98 Å². The van der Waals surface area contributed by atoms with Crippen molar-refractivity contribution in [1.29, 1.82) is 0 Å². The SMILES string of the molecule is Cc1ccc2c(c1)nc(C(C)(C)O)n2C1CCN(C[C@H]2Cc3ccc(Br)cc3C2)CC1O. The molecule has 0 radical (unpaired) electrons. The molecule has 2 aliphatic rings. The number of fused-ring (bicyclic) bond motifs is 2. The molecule has 170 valence electrons. The normalized spacial score (nSPS) is 24.2. The van der Waals surface area contributed by atoms with Crippen LogP contribution in [0, 0.1) is 12.8 Å². The zero-order valence-corrected chi connectivity index (χ0v) is 20.6. The third-order valence-corrected chi connectivity index (χ3v) is 7.55. The Balaban J connectivity index is 1.34. The topological polar surface area (TPSA) is 61.5 Å². The summed E-state index contributed by atoms with van der Waals surface area (Å²) < 4.78 is 3.25. The molecule has 1 fully saturated rings. The Kier molecular flexibility index (Phi) is 5.69. The molecule has 0 bridgehead atoms. The number of benzene rings is 2. The molecule has 6 heteroatoms. The average molecular weight is 498 g/mol. The minimum absolute atomic E-state index is 0.0860. The lowest BCUT2D eigenvalue weighted by molar-refractivity contribution is 0.0119. The van der Waals surface area contributed by atoms with Crippen LogP contribution in [0.15, 0.2) is 40.9 Å². The lowest BCUT2D eigenvalue weighted by atomic mass is 9.97. The summed E-state index contributed by atoms with van der Waals surface area (Å²) >= 11 is 3.59. The Morgan fingerprint density at radius 1 is 1.12 bits per heavy atom. The number of hydrogen-bond acceptors (Lipinski definition) is 4. The van der Waals surface area contributed by atoms with Gasteiger partial charge in [-0.25, -0.2) is 4.98 Å². The van der Waals surface area contributed by atoms with Crippen molar-refractivity contribution in [3.63, 3.8) is 0 Å². The van der Waals surface area contributed by atoms with Crippen LogP contribution in [0.3, 0.4) is 0 Å². The van der Waals surface area contributed by atoms with Gasteiger partial charge in [0.1, 0.15) is 11.4 Å². The maximum absolute atomic E-state index is 11.2. The smallest absolute Gasteiger partial charge is 0.141 e. The quantitative estimate of drug-likeness (QED) is 0.562. The van der Waals surface area contributed by atoms with Gasteiger partial charge in [-0.1, -0.05) is 28.1 Å². The number of imidazole rings is 1. The van der Waals surface area contributed by atoms with Gasteiger partial charge in [0.05, 0.1) is 23.2 Å². The highest BCUT2D eigenvalue weighted by molar-refractivity contribution is 9.10. The summed E-state index contributed by atoms with van der Waals surface area (Å²) in [4.78, 5) is 7.19. The molecular formula is C26H32BrN3O2. The first-order chi connectivity index (χ1) is 15.2. The van der Waals surface area contributed by atoms with E-state index in [2.05, 4.69) is 68.7 Å². The highest BCUT2D eigenvalue weighted by atomic mass is 79.9. The zero-order chi connectivity index (χ0) is 22.6. The van der Waals surface area contributed by atoms with E-state index in [-0.39, 0.29) is 6.04 Å². The van der Waals surface area contributed by atoms with Crippen molar-refractivity contribution in [3.05, 3.63) is 63.4 Å². The van der Waals surface area contributed by atoms with Crippen LogP contribution in [0.25, 0.3) is 11.0 Å². The van der Waals surface area contributed by atoms with E-state index in [1.54, 1.807) is 13.8 Å². The van der Waals surface area contributed by atoms with Gasteiger partial charge in [0.2, 0.25) is 0 Å². The maximum Gasteiger partial charge on any atom is 0.141 e. The van der Waals surface area contributed by atoms with Crippen molar-refractivity contribution in [2.24, 2.45) is 5.92 Å². The molecule has 2 unspecified atom stereocenters. The van der Waals surface area contributed by atoms with Crippen molar-refractivity contribution >= 4 is 27.0 Å². The Hall–Kier alpha value is -1.73. The van der Waals surface area contributed by atoms with Gasteiger partial charge in [0, 0.05) is 24.1 Å². The summed E-state index contributed by atoms with van der Waals surface area (Å²) in [5.41, 5.74) is 4.85. The van der Waals surface area contributed by atoms with Gasteiger partial charge in [0.25, 0.3) is 0 Å². The van der Waals surface area contributed by atoms with Crippen LogP contribution in [0.5, 0.6) is 0 Å². The van der Waals surface area contributed by atoms with Crippen LogP contribution in [0.1, 0.15) is 48.8 Å². The predicted molar refractivity (Wildman–Crippen MR) is 131 cm³/mol. The molecule has 2 heterocycles. The van der Waals surface area contributed by atoms with Crippen LogP contribution in [0.4, 0.5) is 0 Å². The monoisotopic (exact) mass is 497 g/mol. The fourth-order valence-corrected chi connectivity index (χ4v) is 6.01. The van der Waals surface area contributed by atoms with Gasteiger partial charge in [0.15, 0.2) is 0 Å². The number of rotatable bonds is 4. The molecule has 2 N–H and O–H groups in total. The highest BCUT2D eigenvalue weighted by Gasteiger charge is 2.36. The number of β-amino-alcohol motifs (C(OH)–C–C–N with tert-alkyl or cyclic N) is 1. The third-order valence-electron chi connectivity index (χ3n) is 7.06. The predicted octanol–water partition coefficient (Wildman–Crippen LogP) is 4.36. The largest absolute Gasteiger partial charge is 0.390 e. The van der Waals surface area contributed by atoms with Gasteiger partial charge in [-0.3, -0.25) is 0 Å². The minimum Gasteiger partial charge on any atom is -0.390 e. The molecule has 1 saturated heterocycles. The second-order valence-electron chi connectivity index (χ2n) is 10.2. The van der Waals surface area contributed by atoms with Crippen molar-refractivity contribution in [2.45, 2.75) is 57.8 Å². The number of aromatic nitrogens is 2. The number of likely N-dealkylation sites (tertiary alicyclic amines) is 1. The van der Waals surface area contributed by atoms with E-state index in [9.17, 15) is 10.2 Å². The minimum atomic E-state index is -1.08. The molecule has 1 aliphatic heterocycles. The molecule has 1 aliphatic carbocycles. The fourth-order valence-electron chi connectivity index (χ4n) is 5.60. The molecule has 0 amide bonds. The molecule has 1 aromatic heterocycles. The van der Waals surface area contributed by atoms with Gasteiger partial charge in [-0.05, 0) is 86.9 Å². The molecule has 32 heavy (non-hydrogen) atoms. The Morgan fingerprint density at radius 3 is 2.66 bits per heavy atom. The number of halogens is 1. The van der Waals surface area contributed by atoms with E-state index in [1.807, 2.05) is 0 Å². The molecule has 3 atom stereocenters. The summed E-state index contributed by atoms with van der Waals surface area (Å²) in [7, 11) is 0. The van der Waals surface area contributed by atoms with E-state index in [0.717, 1.165) is 53.4 Å². The number of hydrogen-bond donors (Lipinski definition) is 2. The van der Waals surface area contributed by atoms with Crippen molar-refractivity contribution in [1.82, 2.24) is 14.5 Å². The first-order valence-electron chi connectivity index (χ1n) is 11.6. The Bertz CT molecular complexity index is 1150. The lowest BCUT2D eigenvalue weighted by Crippen LogP contribution is -2.47. The van der Waals surface area contributed by atoms with Crippen LogP contribution >= 0.6 is 15.9 Å². The number of aryl methyl sites for hydroxylation is 1. The summed E-state index contributed by atoms with van der Waals surface area (Å²) in [6.07, 6.45) is 2.57. The molecular weight excluding hydrogens is 466 g/mol. The molecule has 0 spiro atoms. The molecule has 2 aromatic carbocycles. The number of nitrogens with zero attached hydrogens (tertiary/aromatic N) is 3. The van der Waals surface area contributed by atoms with Crippen LogP contribution in [0.2, 0.25) is 0 Å². The number of aliphatic hydroxyl groups excluding tert-OH is 1. The molecule has 3 aromatic rings. The summed E-state index contributed by atoms with van der Waals surface area (Å²) in [6.45, 7) is 8.20. The molecule has 5 nitrogen and oxygen atoms in total. The first-order valence-corrected chi connectivity index (χ1v) is 12.4. The van der Waals surface area contributed by atoms with Crippen molar-refractivity contribution < 1.29 is 10.2 Å². The van der Waals surface area contributed by atoms with Crippen molar-refractivity contribution in [3.8, 4) is 0 Å². The van der Waals surface area contributed by atoms with Gasteiger partial charge < -0.3 is 19.7 Å². The van der Waals surface area contributed by atoms with E-state index in [1.165, 1.54) is 11.1 Å². The standard InChI is InChI=1S/C26H32BrN3O2/c1-16-4-7-22-21(10-16)28-25(26(2,3)32)30(22)23-8-9-29(15-24(23)31)14-17-11-18-5-6-20(27)13-19(18)12-17/h4-7,10,13,17,23-24,31-32H,8-9,11-12,14-15H2,1-3H3/t17-,23?,24?/m0/s1. The highest BCUT2D eigenvalue weighted by Crippen LogP contribution is 2.35. The van der Waals surface area contributed by atoms with E-state index >= 15 is 0 Å². The Morgan fingerprint density at radius 2 is 1.91 bits per heavy atom. The fraction of sp³-hybridized carbons (Fsp3) is 0.500. The Labute approximate surface area is 198 Å². The van der Waals surface area contributed by atoms with Crippen LogP contribution in [-0.2, 0) is 18.4 Å². The second-order valence-corrected chi connectivity index (χ2v) is 11.1. The van der Waals surface area contributed by atoms with Gasteiger partial charge in [-0.15, -0.1) is 0 Å². The number of piperidine rings is 1. The van der Waals surface area contributed by atoms with Gasteiger partial charge in [-0.2, -0.15) is 0 Å². The van der Waals surface area contributed by atoms with E-state index in [0.29, 0.717) is 18.3 Å². The average Bonchev–Trinajstić information content (AvgIpc) is 3.28. The van der Waals surface area contributed by atoms with Gasteiger partial charge >= 0.3 is 0 Å². The summed E-state index contributed by atoms with van der Waals surface area (Å²) in [5, 5.41) is 22.0.